The number of nitrogens with two attached hydrogens (primary N) is 1. The monoisotopic (exact) mass is 490 g/mol. The Balaban J connectivity index is 1.88. The van der Waals surface area contributed by atoms with Crippen LogP contribution in [-0.4, -0.2) is 44.4 Å². The second-order valence-corrected chi connectivity index (χ2v) is 9.92. The Morgan fingerprint density at radius 2 is 1.91 bits per heavy atom. The van der Waals surface area contributed by atoms with Crippen LogP contribution in [0.25, 0.3) is 0 Å². The number of hydrogen-bond donors (Lipinski definition) is 2. The maximum absolute atomic E-state index is 13.5. The number of fused-ring (bicyclic) bond motifs is 3. The summed E-state index contributed by atoms with van der Waals surface area (Å²) >= 11 is 5.85. The molecule has 11 heteroatoms. The fourth-order valence-corrected chi connectivity index (χ4v) is 4.73. The summed E-state index contributed by atoms with van der Waals surface area (Å²) in [4.78, 5) is 54.8. The van der Waals surface area contributed by atoms with Gasteiger partial charge in [-0.05, 0) is 51.8 Å². The number of halogens is 2. The van der Waals surface area contributed by atoms with Gasteiger partial charge in [0.15, 0.2) is 5.75 Å². The Kier molecular flexibility index (Phi) is 5.28. The van der Waals surface area contributed by atoms with Crippen LogP contribution in [0, 0.1) is 5.82 Å². The topological polar surface area (TPSA) is 126 Å². The van der Waals surface area contributed by atoms with E-state index >= 15 is 0 Å². The Hall–Kier alpha value is -3.40. The van der Waals surface area contributed by atoms with E-state index in [1.807, 2.05) is 0 Å². The molecule has 0 spiro atoms. The van der Waals surface area contributed by atoms with E-state index in [2.05, 4.69) is 0 Å². The summed E-state index contributed by atoms with van der Waals surface area (Å²) in [5.41, 5.74) is 2.35. The lowest BCUT2D eigenvalue weighted by Gasteiger charge is -2.36. The third kappa shape index (κ3) is 3.19. The largest absolute Gasteiger partial charge is 0.502 e. The number of hydrogen-bond acceptors (Lipinski definition) is 5. The van der Waals surface area contributed by atoms with Crippen molar-refractivity contribution in [2.24, 2.45) is 5.73 Å². The fourth-order valence-electron chi connectivity index (χ4n) is 4.53. The Morgan fingerprint density at radius 1 is 1.26 bits per heavy atom. The average molecular weight is 491 g/mol. The highest BCUT2D eigenvalue weighted by Crippen LogP contribution is 2.44. The molecule has 180 valence electrons. The maximum Gasteiger partial charge on any atom is 0.296 e. The van der Waals surface area contributed by atoms with Crippen LogP contribution in [0.2, 0.25) is 5.02 Å². The molecule has 0 fully saturated rings. The molecule has 1 aromatic carbocycles. The van der Waals surface area contributed by atoms with Gasteiger partial charge in [-0.2, -0.15) is 0 Å². The van der Waals surface area contributed by atoms with Crippen LogP contribution < -0.4 is 16.2 Å². The molecule has 3 N–H and O–H groups in total. The first-order chi connectivity index (χ1) is 15.7. The van der Waals surface area contributed by atoms with Gasteiger partial charge in [0.1, 0.15) is 22.7 Å². The second kappa shape index (κ2) is 7.56. The third-order valence-corrected chi connectivity index (χ3v) is 6.87. The van der Waals surface area contributed by atoms with Crippen molar-refractivity contribution >= 4 is 35.1 Å². The minimum Gasteiger partial charge on any atom is -0.502 e. The molecule has 3 heterocycles. The van der Waals surface area contributed by atoms with Gasteiger partial charge in [-0.15, -0.1) is 0 Å². The lowest BCUT2D eigenvalue weighted by atomic mass is 9.95. The van der Waals surface area contributed by atoms with Crippen LogP contribution in [0.3, 0.4) is 0 Å². The van der Waals surface area contributed by atoms with Crippen molar-refractivity contribution in [2.45, 2.75) is 51.7 Å². The van der Waals surface area contributed by atoms with Crippen molar-refractivity contribution in [1.82, 2.24) is 9.47 Å². The van der Waals surface area contributed by atoms with Crippen LogP contribution in [0.15, 0.2) is 23.0 Å². The summed E-state index contributed by atoms with van der Waals surface area (Å²) < 4.78 is 14.6. The van der Waals surface area contributed by atoms with Crippen LogP contribution >= 0.6 is 11.6 Å². The van der Waals surface area contributed by atoms with Crippen molar-refractivity contribution in [1.29, 1.82) is 0 Å². The van der Waals surface area contributed by atoms with Gasteiger partial charge >= 0.3 is 0 Å². The minimum absolute atomic E-state index is 0.0665. The molecular weight excluding hydrogens is 467 g/mol. The van der Waals surface area contributed by atoms with Crippen LogP contribution in [-0.2, 0) is 28.1 Å². The number of benzene rings is 1. The van der Waals surface area contributed by atoms with E-state index in [-0.39, 0.29) is 41.5 Å². The normalized spacial score (nSPS) is 17.1. The highest BCUT2D eigenvalue weighted by atomic mass is 35.5. The summed E-state index contributed by atoms with van der Waals surface area (Å²) in [6, 6.07) is 4.07. The Labute approximate surface area is 199 Å². The van der Waals surface area contributed by atoms with Gasteiger partial charge in [0.2, 0.25) is 5.91 Å². The predicted octanol–water partition coefficient (Wildman–Crippen LogP) is 1.89. The smallest absolute Gasteiger partial charge is 0.296 e. The lowest BCUT2D eigenvalue weighted by molar-refractivity contribution is -0.129. The summed E-state index contributed by atoms with van der Waals surface area (Å²) in [5, 5.41) is 10.7. The van der Waals surface area contributed by atoms with Crippen LogP contribution in [0.5, 0.6) is 5.75 Å². The van der Waals surface area contributed by atoms with Gasteiger partial charge in [0.05, 0.1) is 10.6 Å². The minimum atomic E-state index is -1.51. The first kappa shape index (κ1) is 23.7. The molecule has 9 nitrogen and oxygen atoms in total. The SMILES string of the molecule is CC(C)(C(N)=O)N1C(=O)C(C)(C)n2c1c1c(c(O)c2=O)C(=O)N(Cc2ccc(F)c(Cl)c2)CC1. The number of rotatable bonds is 4. The van der Waals surface area contributed by atoms with Crippen LogP contribution in [0.1, 0.15) is 49.2 Å². The molecule has 0 saturated heterocycles. The maximum atomic E-state index is 13.5. The molecule has 4 rings (SSSR count). The first-order valence-corrected chi connectivity index (χ1v) is 11.0. The van der Waals surface area contributed by atoms with Gasteiger partial charge in [0.25, 0.3) is 17.4 Å². The van der Waals surface area contributed by atoms with Gasteiger partial charge in [-0.25, -0.2) is 4.39 Å². The highest BCUT2D eigenvalue weighted by molar-refractivity contribution is 6.30. The fraction of sp³-hybridized carbons (Fsp3) is 0.391. The Bertz CT molecular complexity index is 1330. The molecule has 0 aliphatic carbocycles. The van der Waals surface area contributed by atoms with Crippen LogP contribution in [0.4, 0.5) is 10.2 Å². The molecule has 0 saturated carbocycles. The molecule has 0 unspecified atom stereocenters. The molecule has 0 atom stereocenters. The molecular formula is C23H24ClFN4O5. The van der Waals surface area contributed by atoms with E-state index in [4.69, 9.17) is 17.3 Å². The molecule has 1 aromatic heterocycles. The molecule has 0 bridgehead atoms. The van der Waals surface area contributed by atoms with E-state index < -0.39 is 45.9 Å². The highest BCUT2D eigenvalue weighted by Gasteiger charge is 2.54. The van der Waals surface area contributed by atoms with E-state index in [0.717, 1.165) is 9.47 Å². The van der Waals surface area contributed by atoms with Crippen molar-refractivity contribution in [3.63, 3.8) is 0 Å². The summed E-state index contributed by atoms with van der Waals surface area (Å²) in [5.74, 6) is -3.27. The molecule has 3 amide bonds. The number of aromatic hydroxyl groups is 1. The zero-order valence-electron chi connectivity index (χ0n) is 19.1. The second-order valence-electron chi connectivity index (χ2n) is 9.51. The number of nitrogens with zero attached hydrogens (tertiary/aromatic N) is 3. The standard InChI is InChI=1S/C23H24ClFN4O5/c1-22(2,20(26)33)29-17-12-7-8-27(10-11-5-6-14(25)13(24)9-11)18(31)15(12)16(30)19(32)28(17)23(3,4)21(29)34/h5-6,9,30H,7-8,10H2,1-4H3,(H2,26,33). The third-order valence-electron chi connectivity index (χ3n) is 6.58. The summed E-state index contributed by atoms with van der Waals surface area (Å²) in [6.45, 7) is 6.16. The van der Waals surface area contributed by atoms with Gasteiger partial charge in [-0.3, -0.25) is 28.6 Å². The molecule has 2 aliphatic heterocycles. The number of anilines is 1. The number of aromatic nitrogens is 1. The van der Waals surface area contributed by atoms with E-state index in [1.54, 1.807) is 0 Å². The van der Waals surface area contributed by atoms with Crippen molar-refractivity contribution in [3.8, 4) is 5.75 Å². The van der Waals surface area contributed by atoms with E-state index in [0.29, 0.717) is 5.56 Å². The zero-order chi connectivity index (χ0) is 25.3. The zero-order valence-corrected chi connectivity index (χ0v) is 19.9. The lowest BCUT2D eigenvalue weighted by Crippen LogP contribution is -2.57. The van der Waals surface area contributed by atoms with Crippen molar-refractivity contribution in [3.05, 3.63) is 56.1 Å². The molecule has 34 heavy (non-hydrogen) atoms. The average Bonchev–Trinajstić information content (AvgIpc) is 2.96. The Morgan fingerprint density at radius 3 is 2.50 bits per heavy atom. The summed E-state index contributed by atoms with van der Waals surface area (Å²) in [7, 11) is 0. The number of pyridine rings is 1. The number of carbonyl (C=O) groups is 3. The van der Waals surface area contributed by atoms with Gasteiger partial charge in [-0.1, -0.05) is 17.7 Å². The number of carbonyl (C=O) groups excluding carboxylic acids is 3. The van der Waals surface area contributed by atoms with Crippen molar-refractivity contribution < 1.29 is 23.9 Å². The van der Waals surface area contributed by atoms with Gasteiger partial charge < -0.3 is 15.7 Å². The number of amides is 3. The quantitative estimate of drug-likeness (QED) is 0.677. The van der Waals surface area contributed by atoms with Gasteiger partial charge in [0, 0.05) is 18.7 Å². The molecule has 2 aliphatic rings. The predicted molar refractivity (Wildman–Crippen MR) is 122 cm³/mol. The first-order valence-electron chi connectivity index (χ1n) is 10.6. The van der Waals surface area contributed by atoms with E-state index in [1.165, 1.54) is 50.8 Å². The van der Waals surface area contributed by atoms with Crippen molar-refractivity contribution in [2.75, 3.05) is 11.4 Å². The molecule has 0 radical (unpaired) electrons. The molecule has 2 aromatic rings. The van der Waals surface area contributed by atoms with E-state index in [9.17, 15) is 28.7 Å². The number of primary amides is 1. The summed E-state index contributed by atoms with van der Waals surface area (Å²) in [6.07, 6.45) is 0.188.